The second-order valence-electron chi connectivity index (χ2n) is 3.93. The van der Waals surface area contributed by atoms with Gasteiger partial charge in [-0.05, 0) is 18.1 Å². The van der Waals surface area contributed by atoms with Gasteiger partial charge in [0.2, 0.25) is 0 Å². The molecular weight excluding hydrogens is 146 g/mol. The summed E-state index contributed by atoms with van der Waals surface area (Å²) < 4.78 is 4.80. The monoisotopic (exact) mass is 161 g/mol. The van der Waals surface area contributed by atoms with Crippen LogP contribution in [-0.4, -0.2) is 8.32 Å². The van der Waals surface area contributed by atoms with Crippen molar-refractivity contribution in [3.63, 3.8) is 0 Å². The van der Waals surface area contributed by atoms with Crippen LogP contribution in [0.5, 0.6) is 0 Å². The SMILES string of the molecule is CC(C)(C)[Si](C)(C)ON=O. The summed E-state index contributed by atoms with van der Waals surface area (Å²) >= 11 is 0. The lowest BCUT2D eigenvalue weighted by molar-refractivity contribution is 0.302. The fourth-order valence-electron chi connectivity index (χ4n) is 0.230. The molecule has 0 aliphatic carbocycles. The predicted molar refractivity (Wildman–Crippen MR) is 44.1 cm³/mol. The van der Waals surface area contributed by atoms with Crippen molar-refractivity contribution in [1.29, 1.82) is 0 Å². The van der Waals surface area contributed by atoms with Gasteiger partial charge in [-0.15, -0.1) is 4.91 Å². The third-order valence-electron chi connectivity index (χ3n) is 2.07. The molecule has 0 aromatic heterocycles. The Kier molecular flexibility index (Phi) is 2.59. The average molecular weight is 161 g/mol. The molecule has 0 saturated heterocycles. The van der Waals surface area contributed by atoms with Crippen LogP contribution in [0.15, 0.2) is 5.34 Å². The van der Waals surface area contributed by atoms with E-state index in [0.717, 1.165) is 0 Å². The van der Waals surface area contributed by atoms with Crippen molar-refractivity contribution in [1.82, 2.24) is 0 Å². The Morgan fingerprint density at radius 3 is 1.80 bits per heavy atom. The van der Waals surface area contributed by atoms with Crippen molar-refractivity contribution >= 4 is 8.32 Å². The van der Waals surface area contributed by atoms with Gasteiger partial charge in [-0.2, -0.15) is 0 Å². The van der Waals surface area contributed by atoms with Gasteiger partial charge < -0.3 is 4.53 Å². The summed E-state index contributed by atoms with van der Waals surface area (Å²) in [7, 11) is -1.88. The molecule has 3 nitrogen and oxygen atoms in total. The Balaban J connectivity index is 4.23. The van der Waals surface area contributed by atoms with Crippen molar-refractivity contribution in [2.24, 2.45) is 5.34 Å². The highest BCUT2D eigenvalue weighted by atomic mass is 28.4. The van der Waals surface area contributed by atoms with Gasteiger partial charge in [-0.1, -0.05) is 20.8 Å². The molecule has 10 heavy (non-hydrogen) atoms. The molecule has 0 fully saturated rings. The first-order chi connectivity index (χ1) is 4.31. The summed E-state index contributed by atoms with van der Waals surface area (Å²) in [6, 6.07) is 0. The molecule has 0 heterocycles. The summed E-state index contributed by atoms with van der Waals surface area (Å²) in [6.07, 6.45) is 0. The number of hydrogen-bond donors (Lipinski definition) is 0. The summed E-state index contributed by atoms with van der Waals surface area (Å²) in [5.74, 6) is 0. The van der Waals surface area contributed by atoms with Gasteiger partial charge >= 0.3 is 0 Å². The van der Waals surface area contributed by atoms with Gasteiger partial charge in [0.25, 0.3) is 8.32 Å². The van der Waals surface area contributed by atoms with Gasteiger partial charge in [0.05, 0.1) is 0 Å². The van der Waals surface area contributed by atoms with Crippen LogP contribution < -0.4 is 0 Å². The van der Waals surface area contributed by atoms with E-state index in [1.54, 1.807) is 0 Å². The molecule has 0 aromatic rings. The van der Waals surface area contributed by atoms with Crippen LogP contribution in [-0.2, 0) is 4.53 Å². The van der Waals surface area contributed by atoms with Crippen LogP contribution in [0, 0.1) is 4.91 Å². The van der Waals surface area contributed by atoms with E-state index in [1.165, 1.54) is 0 Å². The Labute approximate surface area is 62.8 Å². The van der Waals surface area contributed by atoms with E-state index in [9.17, 15) is 4.91 Å². The molecule has 0 N–H and O–H groups in total. The van der Waals surface area contributed by atoms with Gasteiger partial charge in [-0.3, -0.25) is 0 Å². The van der Waals surface area contributed by atoms with Crippen molar-refractivity contribution in [2.45, 2.75) is 38.9 Å². The first-order valence-electron chi connectivity index (χ1n) is 3.32. The van der Waals surface area contributed by atoms with Crippen LogP contribution in [0.4, 0.5) is 0 Å². The minimum absolute atomic E-state index is 0.0703. The van der Waals surface area contributed by atoms with Crippen molar-refractivity contribution in [2.75, 3.05) is 0 Å². The fraction of sp³-hybridized carbons (Fsp3) is 1.00. The molecule has 0 aliphatic heterocycles. The fourth-order valence-corrected chi connectivity index (χ4v) is 0.690. The Hall–Kier alpha value is -0.383. The summed E-state index contributed by atoms with van der Waals surface area (Å²) in [5, 5.41) is 2.56. The number of hydrogen-bond acceptors (Lipinski definition) is 3. The molecule has 4 heteroatoms. The maximum Gasteiger partial charge on any atom is 0.291 e. The first-order valence-corrected chi connectivity index (χ1v) is 6.23. The molecule has 0 radical (unpaired) electrons. The molecule has 0 aromatic carbocycles. The van der Waals surface area contributed by atoms with Crippen LogP contribution in [0.2, 0.25) is 18.1 Å². The first kappa shape index (κ1) is 9.62. The van der Waals surface area contributed by atoms with Gasteiger partial charge in [0.15, 0.2) is 0 Å². The standard InChI is InChI=1S/C6H15NO2Si/c1-6(2,3)10(4,5)9-7-8/h1-5H3. The normalized spacial score (nSPS) is 12.9. The zero-order valence-electron chi connectivity index (χ0n) is 7.26. The van der Waals surface area contributed by atoms with Crippen LogP contribution >= 0.6 is 0 Å². The number of nitrogens with zero attached hydrogens (tertiary/aromatic N) is 1. The third kappa shape index (κ3) is 2.09. The van der Waals surface area contributed by atoms with Gasteiger partial charge in [-0.25, -0.2) is 0 Å². The number of rotatable bonds is 2. The second-order valence-corrected chi connectivity index (χ2v) is 8.63. The zero-order chi connectivity index (χ0) is 8.41. The molecule has 0 aliphatic rings. The topological polar surface area (TPSA) is 38.7 Å². The van der Waals surface area contributed by atoms with Gasteiger partial charge in [0, 0.05) is 0 Å². The predicted octanol–water partition coefficient (Wildman–Crippen LogP) is 2.69. The van der Waals surface area contributed by atoms with E-state index in [2.05, 4.69) is 26.1 Å². The zero-order valence-corrected chi connectivity index (χ0v) is 8.26. The molecule has 0 spiro atoms. The molecular formula is C6H15NO2Si. The Morgan fingerprint density at radius 1 is 1.30 bits per heavy atom. The highest BCUT2D eigenvalue weighted by Gasteiger charge is 2.40. The Morgan fingerprint density at radius 2 is 1.70 bits per heavy atom. The van der Waals surface area contributed by atoms with Crippen LogP contribution in [0.25, 0.3) is 0 Å². The van der Waals surface area contributed by atoms with E-state index < -0.39 is 8.32 Å². The maximum absolute atomic E-state index is 9.83. The average Bonchev–Trinajstić information content (AvgIpc) is 1.61. The van der Waals surface area contributed by atoms with E-state index in [0.29, 0.717) is 0 Å². The van der Waals surface area contributed by atoms with Crippen LogP contribution in [0.1, 0.15) is 20.8 Å². The van der Waals surface area contributed by atoms with Gasteiger partial charge in [0.1, 0.15) is 5.34 Å². The Bertz CT molecular complexity index is 128. The molecule has 0 rings (SSSR count). The quantitative estimate of drug-likeness (QED) is 0.355. The lowest BCUT2D eigenvalue weighted by Gasteiger charge is -2.31. The summed E-state index contributed by atoms with van der Waals surface area (Å²) in [5.41, 5.74) is 0. The van der Waals surface area contributed by atoms with E-state index in [1.807, 2.05) is 13.1 Å². The smallest absolute Gasteiger partial charge is 0.291 e. The second kappa shape index (κ2) is 2.70. The molecule has 60 valence electrons. The van der Waals surface area contributed by atoms with Crippen molar-refractivity contribution in [3.8, 4) is 0 Å². The van der Waals surface area contributed by atoms with Crippen molar-refractivity contribution in [3.05, 3.63) is 4.91 Å². The summed E-state index contributed by atoms with van der Waals surface area (Å²) in [6.45, 7) is 10.1. The molecule has 0 bridgehead atoms. The lowest BCUT2D eigenvalue weighted by atomic mass is 10.2. The highest BCUT2D eigenvalue weighted by Crippen LogP contribution is 2.36. The van der Waals surface area contributed by atoms with E-state index >= 15 is 0 Å². The minimum Gasteiger partial charge on any atom is -0.424 e. The molecule has 0 unspecified atom stereocenters. The highest BCUT2D eigenvalue weighted by molar-refractivity contribution is 6.74. The summed E-state index contributed by atoms with van der Waals surface area (Å²) in [4.78, 5) is 9.83. The van der Waals surface area contributed by atoms with Crippen molar-refractivity contribution < 1.29 is 4.53 Å². The maximum atomic E-state index is 9.83. The van der Waals surface area contributed by atoms with E-state index in [4.69, 9.17) is 4.53 Å². The molecule has 0 atom stereocenters. The minimum atomic E-state index is -1.88. The van der Waals surface area contributed by atoms with Crippen LogP contribution in [0.3, 0.4) is 0 Å². The third-order valence-corrected chi connectivity index (χ3v) is 6.22. The van der Waals surface area contributed by atoms with E-state index in [-0.39, 0.29) is 5.04 Å². The molecule has 0 saturated carbocycles. The molecule has 0 amide bonds. The lowest BCUT2D eigenvalue weighted by Crippen LogP contribution is -2.38. The largest absolute Gasteiger partial charge is 0.424 e.